The molecular weight excluding hydrogens is 172 g/mol. The smallest absolute Gasteiger partial charge is 0.427 e. The fourth-order valence-electron chi connectivity index (χ4n) is 1.20. The van der Waals surface area contributed by atoms with Crippen LogP contribution in [0, 0.1) is 12.3 Å². The van der Waals surface area contributed by atoms with Crippen LogP contribution in [0.1, 0.15) is 19.8 Å². The molecule has 1 atom stereocenters. The molecular formula is C9H12O4. The molecule has 72 valence electrons. The Morgan fingerprint density at radius 2 is 2.54 bits per heavy atom. The van der Waals surface area contributed by atoms with Gasteiger partial charge in [0.15, 0.2) is 6.61 Å². The van der Waals surface area contributed by atoms with Crippen molar-refractivity contribution in [1.82, 2.24) is 0 Å². The lowest BCUT2D eigenvalue weighted by Gasteiger charge is -2.23. The van der Waals surface area contributed by atoms with Gasteiger partial charge < -0.3 is 14.2 Å². The zero-order chi connectivity index (χ0) is 9.73. The molecule has 4 nitrogen and oxygen atoms in total. The summed E-state index contributed by atoms with van der Waals surface area (Å²) in [5.74, 6) is 1.38. The predicted octanol–water partition coefficient (Wildman–Crippen LogP) is 1.30. The van der Waals surface area contributed by atoms with Crippen LogP contribution in [-0.2, 0) is 14.2 Å². The first kappa shape index (κ1) is 9.87. The van der Waals surface area contributed by atoms with Crippen LogP contribution in [0.2, 0.25) is 0 Å². The second-order valence-electron chi connectivity index (χ2n) is 2.79. The Bertz CT molecular complexity index is 230. The maximum absolute atomic E-state index is 10.7. The van der Waals surface area contributed by atoms with E-state index < -0.39 is 11.9 Å². The number of carbonyl (C=O) groups is 1. The zero-order valence-electron chi connectivity index (χ0n) is 7.54. The van der Waals surface area contributed by atoms with Crippen LogP contribution in [0.3, 0.4) is 0 Å². The van der Waals surface area contributed by atoms with E-state index in [0.717, 1.165) is 6.42 Å². The maximum Gasteiger partial charge on any atom is 0.511 e. The fraction of sp³-hybridized carbons (Fsp3) is 0.667. The highest BCUT2D eigenvalue weighted by Gasteiger charge is 2.42. The standard InChI is InChI=1S/C9H12O4/c1-3-5-9(12-6-4-2)7-11-8(10)13-9/h2H,3,5-7H2,1H3. The summed E-state index contributed by atoms with van der Waals surface area (Å²) in [4.78, 5) is 10.7. The monoisotopic (exact) mass is 184 g/mol. The molecule has 0 radical (unpaired) electrons. The molecule has 1 aliphatic rings. The van der Waals surface area contributed by atoms with E-state index in [0.29, 0.717) is 6.42 Å². The van der Waals surface area contributed by atoms with Gasteiger partial charge in [0.2, 0.25) is 0 Å². The zero-order valence-corrected chi connectivity index (χ0v) is 7.54. The number of carbonyl (C=O) groups excluding carboxylic acids is 1. The molecule has 0 spiro atoms. The number of rotatable bonds is 4. The fourth-order valence-corrected chi connectivity index (χ4v) is 1.20. The minimum atomic E-state index is -0.946. The average molecular weight is 184 g/mol. The molecule has 1 rings (SSSR count). The second kappa shape index (κ2) is 4.15. The number of hydrogen-bond acceptors (Lipinski definition) is 4. The van der Waals surface area contributed by atoms with Crippen molar-refractivity contribution in [2.45, 2.75) is 25.6 Å². The average Bonchev–Trinajstić information content (AvgIpc) is 2.46. The minimum Gasteiger partial charge on any atom is -0.427 e. The normalized spacial score (nSPS) is 26.3. The van der Waals surface area contributed by atoms with Crippen molar-refractivity contribution in [3.05, 3.63) is 0 Å². The Morgan fingerprint density at radius 1 is 1.77 bits per heavy atom. The van der Waals surface area contributed by atoms with Crippen LogP contribution in [-0.4, -0.2) is 25.2 Å². The van der Waals surface area contributed by atoms with Gasteiger partial charge in [-0.15, -0.1) is 6.42 Å². The van der Waals surface area contributed by atoms with Gasteiger partial charge in [-0.05, 0) is 6.42 Å². The van der Waals surface area contributed by atoms with Gasteiger partial charge in [0.05, 0.1) is 0 Å². The third kappa shape index (κ3) is 2.36. The maximum atomic E-state index is 10.7. The Kier molecular flexibility index (Phi) is 3.15. The molecule has 0 N–H and O–H groups in total. The van der Waals surface area contributed by atoms with Gasteiger partial charge in [-0.25, -0.2) is 4.79 Å². The highest BCUT2D eigenvalue weighted by atomic mass is 16.8. The first-order chi connectivity index (χ1) is 6.22. The third-order valence-electron chi connectivity index (χ3n) is 1.73. The van der Waals surface area contributed by atoms with Crippen molar-refractivity contribution in [3.8, 4) is 12.3 Å². The van der Waals surface area contributed by atoms with E-state index in [1.54, 1.807) is 0 Å². The van der Waals surface area contributed by atoms with Crippen molar-refractivity contribution in [2.75, 3.05) is 13.2 Å². The predicted molar refractivity (Wildman–Crippen MR) is 44.9 cm³/mol. The largest absolute Gasteiger partial charge is 0.511 e. The highest BCUT2D eigenvalue weighted by Crippen LogP contribution is 2.26. The SMILES string of the molecule is C#CCOC1(CCC)COC(=O)O1. The lowest BCUT2D eigenvalue weighted by Crippen LogP contribution is -2.35. The highest BCUT2D eigenvalue weighted by molar-refractivity contribution is 5.62. The van der Waals surface area contributed by atoms with Gasteiger partial charge in [0.25, 0.3) is 5.79 Å². The molecule has 1 fully saturated rings. The first-order valence-electron chi connectivity index (χ1n) is 4.15. The molecule has 0 aliphatic carbocycles. The van der Waals surface area contributed by atoms with Crippen molar-refractivity contribution in [2.24, 2.45) is 0 Å². The van der Waals surface area contributed by atoms with E-state index in [1.807, 2.05) is 6.92 Å². The van der Waals surface area contributed by atoms with E-state index in [9.17, 15) is 4.79 Å². The quantitative estimate of drug-likeness (QED) is 0.488. The van der Waals surface area contributed by atoms with E-state index in [4.69, 9.17) is 15.9 Å². The Balaban J connectivity index is 2.54. The lowest BCUT2D eigenvalue weighted by molar-refractivity contribution is -0.175. The Hall–Kier alpha value is -1.21. The van der Waals surface area contributed by atoms with Gasteiger partial charge >= 0.3 is 6.16 Å². The molecule has 1 unspecified atom stereocenters. The molecule has 0 amide bonds. The first-order valence-corrected chi connectivity index (χ1v) is 4.15. The summed E-state index contributed by atoms with van der Waals surface area (Å²) < 4.78 is 14.8. The van der Waals surface area contributed by atoms with Crippen LogP contribution in [0.25, 0.3) is 0 Å². The second-order valence-corrected chi connectivity index (χ2v) is 2.79. The van der Waals surface area contributed by atoms with Crippen molar-refractivity contribution < 1.29 is 19.0 Å². The van der Waals surface area contributed by atoms with Gasteiger partial charge in [-0.1, -0.05) is 12.8 Å². The number of terminal acetylenes is 1. The van der Waals surface area contributed by atoms with Crippen LogP contribution >= 0.6 is 0 Å². The third-order valence-corrected chi connectivity index (χ3v) is 1.73. The van der Waals surface area contributed by atoms with Crippen LogP contribution in [0.5, 0.6) is 0 Å². The summed E-state index contributed by atoms with van der Waals surface area (Å²) in [6, 6.07) is 0. The van der Waals surface area contributed by atoms with Crippen LogP contribution in [0.4, 0.5) is 4.79 Å². The molecule has 1 aliphatic heterocycles. The molecule has 1 saturated heterocycles. The van der Waals surface area contributed by atoms with E-state index in [2.05, 4.69) is 10.7 Å². The summed E-state index contributed by atoms with van der Waals surface area (Å²) >= 11 is 0. The molecule has 0 aromatic heterocycles. The van der Waals surface area contributed by atoms with Gasteiger partial charge in [-0.3, -0.25) is 0 Å². The van der Waals surface area contributed by atoms with E-state index in [1.165, 1.54) is 0 Å². The molecule has 0 saturated carbocycles. The summed E-state index contributed by atoms with van der Waals surface area (Å²) in [5, 5.41) is 0. The molecule has 4 heteroatoms. The minimum absolute atomic E-state index is 0.122. The van der Waals surface area contributed by atoms with E-state index >= 15 is 0 Å². The summed E-state index contributed by atoms with van der Waals surface area (Å²) in [5.41, 5.74) is 0. The Labute approximate surface area is 77.2 Å². The van der Waals surface area contributed by atoms with Crippen LogP contribution < -0.4 is 0 Å². The number of hydrogen-bond donors (Lipinski definition) is 0. The van der Waals surface area contributed by atoms with E-state index in [-0.39, 0.29) is 13.2 Å². The topological polar surface area (TPSA) is 44.8 Å². The Morgan fingerprint density at radius 3 is 3.00 bits per heavy atom. The van der Waals surface area contributed by atoms with Crippen molar-refractivity contribution in [1.29, 1.82) is 0 Å². The molecule has 1 heterocycles. The van der Waals surface area contributed by atoms with Gasteiger partial charge in [0.1, 0.15) is 6.61 Å². The van der Waals surface area contributed by atoms with Crippen LogP contribution in [0.15, 0.2) is 0 Å². The van der Waals surface area contributed by atoms with Gasteiger partial charge in [0, 0.05) is 6.42 Å². The summed E-state index contributed by atoms with van der Waals surface area (Å²) in [6.45, 7) is 2.21. The summed E-state index contributed by atoms with van der Waals surface area (Å²) in [7, 11) is 0. The molecule has 0 bridgehead atoms. The number of cyclic esters (lactones) is 2. The van der Waals surface area contributed by atoms with Crippen molar-refractivity contribution in [3.63, 3.8) is 0 Å². The number of ether oxygens (including phenoxy) is 3. The molecule has 0 aromatic carbocycles. The molecule has 13 heavy (non-hydrogen) atoms. The molecule has 0 aromatic rings. The van der Waals surface area contributed by atoms with Gasteiger partial charge in [-0.2, -0.15) is 0 Å². The summed E-state index contributed by atoms with van der Waals surface area (Å²) in [6.07, 6.45) is 5.78. The lowest BCUT2D eigenvalue weighted by atomic mass is 10.1. The van der Waals surface area contributed by atoms with Crippen molar-refractivity contribution >= 4 is 6.16 Å².